The smallest absolute Gasteiger partial charge is 0.272 e. The van der Waals surface area contributed by atoms with E-state index >= 15 is 0 Å². The second-order valence-electron chi connectivity index (χ2n) is 6.81. The van der Waals surface area contributed by atoms with Crippen LogP contribution < -0.4 is 5.32 Å². The van der Waals surface area contributed by atoms with Crippen LogP contribution in [0.3, 0.4) is 0 Å². The Bertz CT molecular complexity index is 844. The van der Waals surface area contributed by atoms with E-state index < -0.39 is 4.92 Å². The van der Waals surface area contributed by atoms with Crippen LogP contribution in [-0.4, -0.2) is 46.0 Å². The van der Waals surface area contributed by atoms with Crippen LogP contribution in [0.2, 0.25) is 0 Å². The van der Waals surface area contributed by atoms with Gasteiger partial charge in [-0.3, -0.25) is 25.1 Å². The van der Waals surface area contributed by atoms with Crippen molar-refractivity contribution in [2.24, 2.45) is 0 Å². The fraction of sp³-hybridized carbons (Fsp3) is 0.444. The van der Waals surface area contributed by atoms with Gasteiger partial charge in [0.2, 0.25) is 0 Å². The zero-order chi connectivity index (χ0) is 19.6. The fourth-order valence-corrected chi connectivity index (χ4v) is 3.95. The van der Waals surface area contributed by atoms with Gasteiger partial charge < -0.3 is 4.74 Å². The Labute approximate surface area is 161 Å². The quantitative estimate of drug-likeness (QED) is 0.622. The minimum absolute atomic E-state index is 0.00273. The number of hydrogen-bond donors (Lipinski definition) is 1. The summed E-state index contributed by atoms with van der Waals surface area (Å²) in [4.78, 5) is 29.6. The molecule has 0 saturated carbocycles. The maximum Gasteiger partial charge on any atom is 0.272 e. The summed E-state index contributed by atoms with van der Waals surface area (Å²) >= 11 is 1.37. The molecular weight excluding hydrogens is 368 g/mol. The van der Waals surface area contributed by atoms with Crippen molar-refractivity contribution in [1.29, 1.82) is 0 Å². The van der Waals surface area contributed by atoms with Gasteiger partial charge >= 0.3 is 0 Å². The number of carbonyl (C=O) groups excluding carboxylic acids is 1. The number of hydrogen-bond acceptors (Lipinski definition) is 7. The van der Waals surface area contributed by atoms with Crippen molar-refractivity contribution in [3.63, 3.8) is 0 Å². The highest BCUT2D eigenvalue weighted by Gasteiger charge is 2.23. The average molecular weight is 390 g/mol. The Kier molecular flexibility index (Phi) is 5.83. The van der Waals surface area contributed by atoms with E-state index in [1.165, 1.54) is 29.5 Å². The number of nitro benzene ring substituents is 1. The number of nitro groups is 1. The first-order valence-electron chi connectivity index (χ1n) is 8.70. The first-order valence-corrected chi connectivity index (χ1v) is 9.58. The maximum absolute atomic E-state index is 12.4. The summed E-state index contributed by atoms with van der Waals surface area (Å²) in [6, 6.07) is 4.31. The number of ether oxygens (including phenoxy) is 1. The molecule has 1 fully saturated rings. The van der Waals surface area contributed by atoms with Crippen LogP contribution in [0.25, 0.3) is 0 Å². The van der Waals surface area contributed by atoms with Gasteiger partial charge in [-0.25, -0.2) is 4.98 Å². The van der Waals surface area contributed by atoms with Crippen molar-refractivity contribution < 1.29 is 14.5 Å². The highest BCUT2D eigenvalue weighted by Crippen LogP contribution is 2.22. The molecule has 1 N–H and O–H groups in total. The lowest BCUT2D eigenvalue weighted by molar-refractivity contribution is -0.385. The number of aromatic nitrogens is 1. The van der Waals surface area contributed by atoms with E-state index in [0.717, 1.165) is 18.8 Å². The molecule has 1 aromatic carbocycles. The van der Waals surface area contributed by atoms with Crippen molar-refractivity contribution in [1.82, 2.24) is 9.88 Å². The Morgan fingerprint density at radius 2 is 2.11 bits per heavy atom. The highest BCUT2D eigenvalue weighted by atomic mass is 32.1. The number of carbonyl (C=O) groups is 1. The molecule has 1 saturated heterocycles. The van der Waals surface area contributed by atoms with Gasteiger partial charge in [0.15, 0.2) is 5.13 Å². The third-order valence-corrected chi connectivity index (χ3v) is 5.12. The molecule has 0 bridgehead atoms. The fourth-order valence-electron chi connectivity index (χ4n) is 3.25. The van der Waals surface area contributed by atoms with E-state index in [4.69, 9.17) is 4.74 Å². The highest BCUT2D eigenvalue weighted by molar-refractivity contribution is 7.13. The third-order valence-electron chi connectivity index (χ3n) is 4.31. The van der Waals surface area contributed by atoms with E-state index in [0.29, 0.717) is 22.8 Å². The van der Waals surface area contributed by atoms with Crippen molar-refractivity contribution in [3.05, 3.63) is 50.5 Å². The first kappa shape index (κ1) is 19.4. The molecule has 0 unspecified atom stereocenters. The summed E-state index contributed by atoms with van der Waals surface area (Å²) in [5, 5.41) is 16.1. The Morgan fingerprint density at radius 3 is 2.74 bits per heavy atom. The van der Waals surface area contributed by atoms with Crippen molar-refractivity contribution in [3.8, 4) is 0 Å². The van der Waals surface area contributed by atoms with Crippen LogP contribution in [0.5, 0.6) is 0 Å². The topological polar surface area (TPSA) is 97.6 Å². The van der Waals surface area contributed by atoms with E-state index in [9.17, 15) is 14.9 Å². The molecule has 3 rings (SSSR count). The number of aryl methyl sites for hydroxylation is 1. The van der Waals surface area contributed by atoms with Gasteiger partial charge in [0.05, 0.1) is 22.8 Å². The van der Waals surface area contributed by atoms with Gasteiger partial charge in [-0.2, -0.15) is 0 Å². The van der Waals surface area contributed by atoms with Gasteiger partial charge in [-0.05, 0) is 32.9 Å². The average Bonchev–Trinajstić information content (AvgIpc) is 3.00. The number of rotatable bonds is 5. The zero-order valence-corrected chi connectivity index (χ0v) is 16.3. The predicted octanol–water partition coefficient (Wildman–Crippen LogP) is 3.22. The number of benzene rings is 1. The summed E-state index contributed by atoms with van der Waals surface area (Å²) in [5.74, 6) is -0.331. The Morgan fingerprint density at radius 1 is 1.41 bits per heavy atom. The van der Waals surface area contributed by atoms with Crippen molar-refractivity contribution in [2.75, 3.05) is 18.4 Å². The van der Waals surface area contributed by atoms with Crippen LogP contribution in [0.15, 0.2) is 23.6 Å². The van der Waals surface area contributed by atoms with Gasteiger partial charge in [-0.15, -0.1) is 11.3 Å². The molecule has 0 spiro atoms. The summed E-state index contributed by atoms with van der Waals surface area (Å²) in [7, 11) is 0. The molecule has 1 aliphatic heterocycles. The largest absolute Gasteiger partial charge is 0.373 e. The van der Waals surface area contributed by atoms with Crippen LogP contribution in [-0.2, 0) is 11.3 Å². The maximum atomic E-state index is 12.4. The van der Waals surface area contributed by atoms with Crippen LogP contribution in [0.4, 0.5) is 10.8 Å². The van der Waals surface area contributed by atoms with Gasteiger partial charge in [0.25, 0.3) is 11.6 Å². The lowest BCUT2D eigenvalue weighted by Crippen LogP contribution is -2.44. The summed E-state index contributed by atoms with van der Waals surface area (Å²) in [5.41, 5.74) is 1.71. The van der Waals surface area contributed by atoms with Gasteiger partial charge in [-0.1, -0.05) is 0 Å². The molecule has 9 heteroatoms. The Hall–Kier alpha value is -2.36. The second kappa shape index (κ2) is 8.12. The van der Waals surface area contributed by atoms with Crippen LogP contribution in [0.1, 0.15) is 35.5 Å². The van der Waals surface area contributed by atoms with E-state index in [1.807, 2.05) is 5.38 Å². The number of thiazole rings is 1. The normalized spacial score (nSPS) is 20.4. The number of anilines is 1. The molecule has 27 heavy (non-hydrogen) atoms. The van der Waals surface area contributed by atoms with Crippen molar-refractivity contribution in [2.45, 2.75) is 39.5 Å². The molecule has 2 atom stereocenters. The van der Waals surface area contributed by atoms with Crippen LogP contribution in [0, 0.1) is 17.0 Å². The minimum atomic E-state index is -0.461. The zero-order valence-electron chi connectivity index (χ0n) is 15.5. The molecule has 1 aromatic heterocycles. The molecule has 8 nitrogen and oxygen atoms in total. The number of amides is 1. The molecule has 2 aromatic rings. The van der Waals surface area contributed by atoms with E-state index in [1.54, 1.807) is 6.92 Å². The summed E-state index contributed by atoms with van der Waals surface area (Å²) in [6.45, 7) is 8.14. The third kappa shape index (κ3) is 4.88. The lowest BCUT2D eigenvalue weighted by atomic mass is 10.1. The second-order valence-corrected chi connectivity index (χ2v) is 7.67. The standard InChI is InChI=1S/C18H22N4O4S/c1-11-6-14(4-5-16(11)22(24)25)17(23)20-18-19-15(10-27-18)9-21-7-12(2)26-13(3)8-21/h4-6,10,12-13H,7-9H2,1-3H3,(H,19,20,23)/t12-,13-/m1/s1. The SMILES string of the molecule is Cc1cc(C(=O)Nc2nc(CN3C[C@@H](C)O[C@H](C)C3)cs2)ccc1[N+](=O)[O-]. The van der Waals surface area contributed by atoms with Crippen LogP contribution >= 0.6 is 11.3 Å². The number of nitrogens with one attached hydrogen (secondary N) is 1. The molecule has 0 radical (unpaired) electrons. The summed E-state index contributed by atoms with van der Waals surface area (Å²) in [6.07, 6.45) is 0.383. The van der Waals surface area contributed by atoms with Gasteiger partial charge in [0, 0.05) is 42.2 Å². The minimum Gasteiger partial charge on any atom is -0.373 e. The molecule has 1 amide bonds. The van der Waals surface area contributed by atoms with Gasteiger partial charge in [0.1, 0.15) is 0 Å². The van der Waals surface area contributed by atoms with Crippen molar-refractivity contribution >= 4 is 28.1 Å². The molecular formula is C18H22N4O4S. The molecule has 1 aliphatic rings. The predicted molar refractivity (Wildman–Crippen MR) is 103 cm³/mol. The summed E-state index contributed by atoms with van der Waals surface area (Å²) < 4.78 is 5.74. The Balaban J connectivity index is 1.62. The first-order chi connectivity index (χ1) is 12.8. The lowest BCUT2D eigenvalue weighted by Gasteiger charge is -2.34. The molecule has 0 aliphatic carbocycles. The number of nitrogens with zero attached hydrogens (tertiary/aromatic N) is 3. The number of morpholine rings is 1. The monoisotopic (exact) mass is 390 g/mol. The molecule has 2 heterocycles. The van der Waals surface area contributed by atoms with E-state index in [2.05, 4.69) is 29.0 Å². The molecule has 144 valence electrons. The van der Waals surface area contributed by atoms with E-state index in [-0.39, 0.29) is 23.8 Å².